The van der Waals surface area contributed by atoms with Crippen LogP contribution >= 0.6 is 11.3 Å². The van der Waals surface area contributed by atoms with E-state index in [2.05, 4.69) is 0 Å². The Kier molecular flexibility index (Phi) is 9.33. The third-order valence-corrected chi connectivity index (χ3v) is 8.97. The molecule has 0 amide bonds. The van der Waals surface area contributed by atoms with Crippen molar-refractivity contribution in [1.82, 2.24) is 0 Å². The Labute approximate surface area is 258 Å². The standard InChI is InChI=1S/C36H33F3O4S/c37-36(38,39)32-20-33(40)31(17-27(32)16-30-15-26-13-7-8-14-35(26)44-30)34-19-28(42-22-25-11-5-2-6-12-25)18-29(43-34)23-41-21-24-9-3-1-4-10-24/h1-15,17,20,28-29,34,40H,16,18-19,21-23H2. The molecule has 4 aromatic carbocycles. The molecule has 5 aromatic rings. The van der Waals surface area contributed by atoms with Gasteiger partial charge in [-0.25, -0.2) is 0 Å². The molecule has 1 aliphatic heterocycles. The number of thiophene rings is 1. The van der Waals surface area contributed by atoms with Crippen LogP contribution in [0.15, 0.2) is 103 Å². The first-order valence-corrected chi connectivity index (χ1v) is 15.5. The summed E-state index contributed by atoms with van der Waals surface area (Å²) >= 11 is 1.47. The number of alkyl halides is 3. The minimum atomic E-state index is -4.62. The van der Waals surface area contributed by atoms with Gasteiger partial charge in [-0.05, 0) is 46.3 Å². The van der Waals surface area contributed by atoms with Gasteiger partial charge in [-0.1, -0.05) is 78.9 Å². The Morgan fingerprint density at radius 2 is 1.50 bits per heavy atom. The zero-order chi connectivity index (χ0) is 30.5. The van der Waals surface area contributed by atoms with Gasteiger partial charge in [0.2, 0.25) is 0 Å². The van der Waals surface area contributed by atoms with Crippen LogP contribution in [0, 0.1) is 0 Å². The van der Waals surface area contributed by atoms with Gasteiger partial charge >= 0.3 is 6.18 Å². The second-order valence-corrected chi connectivity index (χ2v) is 12.3. The first-order chi connectivity index (χ1) is 21.3. The predicted octanol–water partition coefficient (Wildman–Crippen LogP) is 9.24. The monoisotopic (exact) mass is 618 g/mol. The fraction of sp³-hybridized carbons (Fsp3) is 0.278. The van der Waals surface area contributed by atoms with E-state index in [1.807, 2.05) is 91.0 Å². The zero-order valence-electron chi connectivity index (χ0n) is 24.0. The Morgan fingerprint density at radius 1 is 0.818 bits per heavy atom. The van der Waals surface area contributed by atoms with Crippen molar-refractivity contribution in [2.24, 2.45) is 0 Å². The summed E-state index contributed by atoms with van der Waals surface area (Å²) in [6.07, 6.45) is -4.86. The molecule has 8 heteroatoms. The molecule has 1 fully saturated rings. The first-order valence-electron chi connectivity index (χ1n) is 14.6. The fourth-order valence-electron chi connectivity index (χ4n) is 5.72. The number of phenols is 1. The number of hydrogen-bond acceptors (Lipinski definition) is 5. The van der Waals surface area contributed by atoms with E-state index >= 15 is 0 Å². The van der Waals surface area contributed by atoms with Crippen LogP contribution < -0.4 is 0 Å². The van der Waals surface area contributed by atoms with Gasteiger partial charge in [0, 0.05) is 34.4 Å². The van der Waals surface area contributed by atoms with E-state index in [4.69, 9.17) is 14.2 Å². The van der Waals surface area contributed by atoms with Crippen LogP contribution in [-0.4, -0.2) is 23.9 Å². The Hall–Kier alpha value is -3.69. The molecule has 2 heterocycles. The maximum atomic E-state index is 14.2. The summed E-state index contributed by atoms with van der Waals surface area (Å²) in [4.78, 5) is 0.814. The molecule has 1 aromatic heterocycles. The van der Waals surface area contributed by atoms with Crippen molar-refractivity contribution >= 4 is 21.4 Å². The molecule has 3 atom stereocenters. The second-order valence-electron chi connectivity index (χ2n) is 11.1. The average Bonchev–Trinajstić information content (AvgIpc) is 3.44. The normalized spacial score (nSPS) is 18.9. The Balaban J connectivity index is 1.26. The molecule has 3 unspecified atom stereocenters. The van der Waals surface area contributed by atoms with Gasteiger partial charge in [0.1, 0.15) is 5.75 Å². The van der Waals surface area contributed by atoms with Crippen LogP contribution in [0.25, 0.3) is 10.1 Å². The maximum absolute atomic E-state index is 14.2. The summed E-state index contributed by atoms with van der Waals surface area (Å²) in [7, 11) is 0. The summed E-state index contributed by atoms with van der Waals surface area (Å²) < 4.78 is 62.3. The number of halogens is 3. The highest BCUT2D eigenvalue weighted by Gasteiger charge is 2.37. The number of aromatic hydroxyl groups is 1. The van der Waals surface area contributed by atoms with Gasteiger partial charge in [0.05, 0.1) is 43.7 Å². The van der Waals surface area contributed by atoms with Gasteiger partial charge in [0.25, 0.3) is 0 Å². The highest BCUT2D eigenvalue weighted by atomic mass is 32.1. The molecule has 0 bridgehead atoms. The summed E-state index contributed by atoms with van der Waals surface area (Å²) in [5.74, 6) is -0.435. The third kappa shape index (κ3) is 7.50. The fourth-order valence-corrected chi connectivity index (χ4v) is 6.81. The second kappa shape index (κ2) is 13.5. The zero-order valence-corrected chi connectivity index (χ0v) is 24.8. The summed E-state index contributed by atoms with van der Waals surface area (Å²) in [5.41, 5.74) is 1.64. The third-order valence-electron chi connectivity index (χ3n) is 7.85. The van der Waals surface area contributed by atoms with E-state index in [0.29, 0.717) is 31.6 Å². The van der Waals surface area contributed by atoms with Crippen LogP contribution in [0.1, 0.15) is 51.6 Å². The topological polar surface area (TPSA) is 47.9 Å². The SMILES string of the molecule is Oc1cc(C(F)(F)F)c(Cc2cc3ccccc3s2)cc1C1CC(OCc2ccccc2)CC(COCc2ccccc2)O1. The quantitative estimate of drug-likeness (QED) is 0.170. The lowest BCUT2D eigenvalue weighted by Crippen LogP contribution is -2.35. The lowest BCUT2D eigenvalue weighted by molar-refractivity contribution is -0.143. The van der Waals surface area contributed by atoms with Crippen LogP contribution in [0.2, 0.25) is 0 Å². The number of phenolic OH excluding ortho intramolecular Hbond substituents is 1. The van der Waals surface area contributed by atoms with E-state index < -0.39 is 23.6 Å². The van der Waals surface area contributed by atoms with Crippen LogP contribution in [0.3, 0.4) is 0 Å². The van der Waals surface area contributed by atoms with Crippen LogP contribution in [-0.2, 0) is 40.0 Å². The first kappa shape index (κ1) is 30.3. The van der Waals surface area contributed by atoms with Crippen LogP contribution in [0.4, 0.5) is 13.2 Å². The molecule has 1 N–H and O–H groups in total. The molecule has 6 rings (SSSR count). The molecular weight excluding hydrogens is 585 g/mol. The van der Waals surface area contributed by atoms with E-state index in [1.54, 1.807) is 0 Å². The number of rotatable bonds is 10. The van der Waals surface area contributed by atoms with Crippen molar-refractivity contribution in [3.63, 3.8) is 0 Å². The number of hydrogen-bond donors (Lipinski definition) is 1. The molecule has 1 saturated heterocycles. The van der Waals surface area contributed by atoms with E-state index in [1.165, 1.54) is 17.4 Å². The molecule has 0 radical (unpaired) electrons. The minimum Gasteiger partial charge on any atom is -0.508 e. The Bertz CT molecular complexity index is 1640. The highest BCUT2D eigenvalue weighted by Crippen LogP contribution is 2.43. The molecule has 0 spiro atoms. The summed E-state index contributed by atoms with van der Waals surface area (Å²) in [5, 5.41) is 12.0. The molecule has 1 aliphatic rings. The van der Waals surface area contributed by atoms with Crippen molar-refractivity contribution < 1.29 is 32.5 Å². The molecule has 0 saturated carbocycles. The molecule has 228 valence electrons. The van der Waals surface area contributed by atoms with Crippen LogP contribution in [0.5, 0.6) is 5.75 Å². The number of ether oxygens (including phenoxy) is 3. The maximum Gasteiger partial charge on any atom is 0.416 e. The van der Waals surface area contributed by atoms with E-state index in [9.17, 15) is 18.3 Å². The molecular formula is C36H33F3O4S. The van der Waals surface area contributed by atoms with Gasteiger partial charge in [-0.2, -0.15) is 13.2 Å². The van der Waals surface area contributed by atoms with Crippen molar-refractivity contribution in [2.75, 3.05) is 6.61 Å². The van der Waals surface area contributed by atoms with E-state index in [-0.39, 0.29) is 30.8 Å². The predicted molar refractivity (Wildman–Crippen MR) is 166 cm³/mol. The van der Waals surface area contributed by atoms with Crippen molar-refractivity contribution in [3.8, 4) is 5.75 Å². The van der Waals surface area contributed by atoms with Gasteiger partial charge in [-0.15, -0.1) is 11.3 Å². The molecule has 4 nitrogen and oxygen atoms in total. The Morgan fingerprint density at radius 3 is 2.20 bits per heavy atom. The minimum absolute atomic E-state index is 0.0890. The lowest BCUT2D eigenvalue weighted by Gasteiger charge is -2.36. The average molecular weight is 619 g/mol. The highest BCUT2D eigenvalue weighted by molar-refractivity contribution is 7.19. The van der Waals surface area contributed by atoms with Gasteiger partial charge in [0.15, 0.2) is 0 Å². The largest absolute Gasteiger partial charge is 0.508 e. The number of benzene rings is 4. The van der Waals surface area contributed by atoms with Gasteiger partial charge in [-0.3, -0.25) is 0 Å². The smallest absolute Gasteiger partial charge is 0.416 e. The van der Waals surface area contributed by atoms with Gasteiger partial charge < -0.3 is 19.3 Å². The van der Waals surface area contributed by atoms with Crippen molar-refractivity contribution in [2.45, 2.75) is 57.0 Å². The van der Waals surface area contributed by atoms with Crippen molar-refractivity contribution in [3.05, 3.63) is 136 Å². The van der Waals surface area contributed by atoms with E-state index in [0.717, 1.165) is 32.2 Å². The van der Waals surface area contributed by atoms with Crippen molar-refractivity contribution in [1.29, 1.82) is 0 Å². The lowest BCUT2D eigenvalue weighted by atomic mass is 9.91. The molecule has 0 aliphatic carbocycles. The summed E-state index contributed by atoms with van der Waals surface area (Å²) in [6, 6.07) is 31.6. The molecule has 44 heavy (non-hydrogen) atoms. The number of fused-ring (bicyclic) bond motifs is 1. The summed E-state index contributed by atoms with van der Waals surface area (Å²) in [6.45, 7) is 1.09.